The molecule has 0 saturated heterocycles. The van der Waals surface area contributed by atoms with Gasteiger partial charge >= 0.3 is 17.9 Å². The van der Waals surface area contributed by atoms with Gasteiger partial charge in [0.1, 0.15) is 25.0 Å². The number of carbonyl (C=O) groups excluding carboxylic acids is 2. The number of aryl methyl sites for hydroxylation is 1. The number of rotatable bonds is 13. The van der Waals surface area contributed by atoms with Gasteiger partial charge in [-0.3, -0.25) is 24.0 Å². The van der Waals surface area contributed by atoms with Crippen LogP contribution in [0.4, 0.5) is 5.69 Å². The highest BCUT2D eigenvalue weighted by Gasteiger charge is 2.29. The Morgan fingerprint density at radius 1 is 1.08 bits per heavy atom. The summed E-state index contributed by atoms with van der Waals surface area (Å²) in [6, 6.07) is 9.34. The Balaban J connectivity index is 0.000000440. The molecule has 4 rings (SSSR count). The van der Waals surface area contributed by atoms with Crippen molar-refractivity contribution in [1.29, 1.82) is 0 Å². The number of aromatic nitrogens is 2. The van der Waals surface area contributed by atoms with Gasteiger partial charge in [-0.25, -0.2) is 9.78 Å². The minimum Gasteiger partial charge on any atom is -0.481 e. The van der Waals surface area contributed by atoms with Crippen molar-refractivity contribution in [3.8, 4) is 25.2 Å². The number of nitrogens with one attached hydrogen (secondary N) is 3. The molecular weight excluding hydrogens is 638 g/mol. The number of hydrogen-bond donors (Lipinski definition) is 7. The summed E-state index contributed by atoms with van der Waals surface area (Å²) in [5.74, 6) is -1.38. The van der Waals surface area contributed by atoms with Crippen molar-refractivity contribution in [3.63, 3.8) is 0 Å². The number of H-pyrrole nitrogens is 1. The molecule has 0 fully saturated rings. The lowest BCUT2D eigenvalue weighted by Gasteiger charge is -2.30. The van der Waals surface area contributed by atoms with Gasteiger partial charge in [-0.2, -0.15) is 0 Å². The summed E-state index contributed by atoms with van der Waals surface area (Å²) >= 11 is 0. The fourth-order valence-electron chi connectivity index (χ4n) is 5.03. The van der Waals surface area contributed by atoms with Crippen LogP contribution in [0.3, 0.4) is 0 Å². The quantitative estimate of drug-likeness (QED) is 0.127. The van der Waals surface area contributed by atoms with E-state index in [9.17, 15) is 33.9 Å². The van der Waals surface area contributed by atoms with Crippen molar-refractivity contribution in [2.45, 2.75) is 57.7 Å². The maximum absolute atomic E-state index is 12.5. The van der Waals surface area contributed by atoms with Crippen molar-refractivity contribution < 1.29 is 44.4 Å². The number of fused-ring (bicyclic) bond motifs is 2. The average Bonchev–Trinajstić information content (AvgIpc) is 3.50. The van der Waals surface area contributed by atoms with Crippen LogP contribution in [0.25, 0.3) is 10.9 Å². The molecule has 1 heterocycles. The fraction of sp³-hybridized carbons (Fsp3) is 0.324. The van der Waals surface area contributed by atoms with Gasteiger partial charge in [0.15, 0.2) is 0 Å². The molecule has 0 radical (unpaired) electrons. The normalized spacial score (nSPS) is 13.2. The Bertz CT molecular complexity index is 1790. The maximum Gasteiger partial charge on any atom is 0.326 e. The highest BCUT2D eigenvalue weighted by Crippen LogP contribution is 2.39. The van der Waals surface area contributed by atoms with Crippen molar-refractivity contribution in [2.75, 3.05) is 18.0 Å². The molecular formula is C34H37N5O10. The second kappa shape index (κ2) is 18.8. The van der Waals surface area contributed by atoms with Gasteiger partial charge in [-0.1, -0.05) is 12.8 Å². The van der Waals surface area contributed by atoms with Gasteiger partial charge in [0.05, 0.1) is 23.5 Å². The first-order chi connectivity index (χ1) is 23.4. The van der Waals surface area contributed by atoms with Gasteiger partial charge in [0.2, 0.25) is 5.91 Å². The number of terminal acetylenes is 2. The topological polar surface area (TPSA) is 239 Å². The lowest BCUT2D eigenvalue weighted by Crippen LogP contribution is -2.40. The third-order valence-electron chi connectivity index (χ3n) is 7.31. The summed E-state index contributed by atoms with van der Waals surface area (Å²) in [5.41, 5.74) is 3.45. The lowest BCUT2D eigenvalue weighted by molar-refractivity contribution is -0.143. The first-order valence-electron chi connectivity index (χ1n) is 14.9. The third-order valence-corrected chi connectivity index (χ3v) is 7.31. The van der Waals surface area contributed by atoms with Crippen LogP contribution in [0.2, 0.25) is 0 Å². The SMILES string of the molecule is C#C.C#CCN(c1ccc(C(=O)NCC(=O)O)cc1)C1CCc2cc3nc(CO)[nH]c(=O)c3cc21.CCC(=O)N[C@H](CCC(=O)O)C(=O)O. The van der Waals surface area contributed by atoms with Gasteiger partial charge in [0, 0.05) is 24.1 Å². The molecule has 15 heteroatoms. The number of amides is 2. The van der Waals surface area contributed by atoms with Gasteiger partial charge < -0.3 is 40.9 Å². The first kappa shape index (κ1) is 39.0. The Labute approximate surface area is 281 Å². The highest BCUT2D eigenvalue weighted by atomic mass is 16.4. The van der Waals surface area contributed by atoms with Crippen LogP contribution in [0.1, 0.15) is 66.0 Å². The van der Waals surface area contributed by atoms with Crippen LogP contribution in [0.5, 0.6) is 0 Å². The smallest absolute Gasteiger partial charge is 0.326 e. The van der Waals surface area contributed by atoms with Crippen molar-refractivity contribution >= 4 is 46.3 Å². The molecule has 2 atom stereocenters. The molecule has 15 nitrogen and oxygen atoms in total. The Morgan fingerprint density at radius 2 is 1.76 bits per heavy atom. The monoisotopic (exact) mass is 675 g/mol. The van der Waals surface area contributed by atoms with Crippen molar-refractivity contribution in [2.24, 2.45) is 0 Å². The molecule has 0 aliphatic heterocycles. The van der Waals surface area contributed by atoms with Gasteiger partial charge in [-0.05, 0) is 66.8 Å². The summed E-state index contributed by atoms with van der Waals surface area (Å²) < 4.78 is 0. The van der Waals surface area contributed by atoms with E-state index in [1.54, 1.807) is 31.2 Å². The summed E-state index contributed by atoms with van der Waals surface area (Å²) in [4.78, 5) is 75.8. The summed E-state index contributed by atoms with van der Waals surface area (Å²) in [7, 11) is 0. The molecule has 0 spiro atoms. The molecule has 1 aliphatic carbocycles. The molecule has 1 unspecified atom stereocenters. The number of aromatic amines is 1. The summed E-state index contributed by atoms with van der Waals surface area (Å²) in [6.07, 6.45) is 15.0. The zero-order valence-electron chi connectivity index (χ0n) is 26.6. The number of carboxylic acid groups (broad SMARTS) is 3. The first-order valence-corrected chi connectivity index (χ1v) is 14.9. The molecule has 49 heavy (non-hydrogen) atoms. The van der Waals surface area contributed by atoms with Crippen LogP contribution in [-0.4, -0.2) is 79.2 Å². The highest BCUT2D eigenvalue weighted by molar-refractivity contribution is 5.96. The van der Waals surface area contributed by atoms with E-state index in [1.807, 2.05) is 17.0 Å². The standard InChI is InChI=1S/C24H22N4O5.C8H13NO5.C2H2/c1-2-9-28(16-6-3-14(4-7-16)23(32)25-12-22(30)31)20-8-5-15-10-19-18(11-17(15)20)24(33)27-21(13-29)26-19;1-2-6(10)9-5(8(13)14)3-4-7(11)12;1-2/h1,3-4,6-7,10-11,20,29H,5,8-9,12-13H2,(H,25,32)(H,30,31)(H,26,27,33);5H,2-4H2,1H3,(H,9,10)(H,11,12)(H,13,14);1-2H/t;5-;/m.1./s1. The lowest BCUT2D eigenvalue weighted by atomic mass is 10.0. The van der Waals surface area contributed by atoms with E-state index in [4.69, 9.17) is 21.7 Å². The molecule has 0 bridgehead atoms. The van der Waals surface area contributed by atoms with E-state index in [1.165, 1.54) is 0 Å². The number of hydrogen-bond acceptors (Lipinski definition) is 9. The number of anilines is 1. The van der Waals surface area contributed by atoms with E-state index in [0.717, 1.165) is 29.7 Å². The Kier molecular flexibility index (Phi) is 15.0. The number of carboxylic acids is 3. The zero-order chi connectivity index (χ0) is 36.7. The molecule has 1 aromatic heterocycles. The zero-order valence-corrected chi connectivity index (χ0v) is 26.6. The number of aliphatic hydroxyl groups is 1. The van der Waals surface area contributed by atoms with E-state index < -0.39 is 42.3 Å². The second-order valence-electron chi connectivity index (χ2n) is 10.5. The van der Waals surface area contributed by atoms with E-state index in [-0.39, 0.29) is 43.3 Å². The van der Waals surface area contributed by atoms with Gasteiger partial charge in [-0.15, -0.1) is 19.3 Å². The van der Waals surface area contributed by atoms with E-state index >= 15 is 0 Å². The number of benzene rings is 2. The van der Waals surface area contributed by atoms with Gasteiger partial charge in [0.25, 0.3) is 11.5 Å². The Morgan fingerprint density at radius 3 is 2.31 bits per heavy atom. The minimum absolute atomic E-state index is 0.0657. The molecule has 0 saturated carbocycles. The van der Waals surface area contributed by atoms with E-state index in [0.29, 0.717) is 23.0 Å². The van der Waals surface area contributed by atoms with Crippen molar-refractivity contribution in [1.82, 2.24) is 20.6 Å². The second-order valence-corrected chi connectivity index (χ2v) is 10.5. The van der Waals surface area contributed by atoms with Crippen LogP contribution >= 0.6 is 0 Å². The summed E-state index contributed by atoms with van der Waals surface area (Å²) in [5, 5.41) is 40.0. The number of nitrogens with zero attached hydrogens (tertiary/aromatic N) is 2. The predicted molar refractivity (Wildman–Crippen MR) is 179 cm³/mol. The largest absolute Gasteiger partial charge is 0.481 e. The molecule has 2 amide bonds. The molecule has 3 aromatic rings. The Hall–Kier alpha value is -6.19. The number of aliphatic hydroxyl groups excluding tert-OH is 1. The minimum atomic E-state index is -1.21. The summed E-state index contributed by atoms with van der Waals surface area (Å²) in [6.45, 7) is 1.12. The van der Waals surface area contributed by atoms with Crippen LogP contribution < -0.4 is 21.1 Å². The molecule has 2 aromatic carbocycles. The van der Waals surface area contributed by atoms with Crippen LogP contribution in [0.15, 0.2) is 41.2 Å². The number of aliphatic carboxylic acids is 3. The fourth-order valence-corrected chi connectivity index (χ4v) is 5.03. The average molecular weight is 676 g/mol. The molecule has 258 valence electrons. The van der Waals surface area contributed by atoms with Crippen LogP contribution in [0, 0.1) is 25.2 Å². The van der Waals surface area contributed by atoms with Crippen molar-refractivity contribution in [3.05, 3.63) is 69.3 Å². The third kappa shape index (κ3) is 10.9. The predicted octanol–water partition coefficient (Wildman–Crippen LogP) is 1.44. The maximum atomic E-state index is 12.5. The van der Waals surface area contributed by atoms with E-state index in [2.05, 4.69) is 39.4 Å². The molecule has 1 aliphatic rings. The van der Waals surface area contributed by atoms with Crippen LogP contribution in [-0.2, 0) is 32.2 Å². The number of carbonyl (C=O) groups is 5. The molecule has 7 N–H and O–H groups in total.